The Morgan fingerprint density at radius 3 is 2.31 bits per heavy atom. The summed E-state index contributed by atoms with van der Waals surface area (Å²) < 4.78 is 6.05. The van der Waals surface area contributed by atoms with Gasteiger partial charge in [0.05, 0.1) is 18.8 Å². The van der Waals surface area contributed by atoms with Gasteiger partial charge in [0.25, 0.3) is 0 Å². The van der Waals surface area contributed by atoms with Gasteiger partial charge in [0.2, 0.25) is 0 Å². The molecule has 36 heavy (non-hydrogen) atoms. The molecule has 2 saturated heterocycles. The van der Waals surface area contributed by atoms with Crippen LogP contribution in [0.15, 0.2) is 60.7 Å². The molecular weight excluding hydrogens is 446 g/mol. The summed E-state index contributed by atoms with van der Waals surface area (Å²) in [5.74, 6) is 0.877. The van der Waals surface area contributed by atoms with Crippen molar-refractivity contribution in [3.63, 3.8) is 0 Å². The molecule has 0 saturated carbocycles. The molecule has 0 spiro atoms. The first kappa shape index (κ1) is 24.6. The minimum Gasteiger partial charge on any atom is -0.493 e. The number of hydrogen-bond donors (Lipinski definition) is 1. The summed E-state index contributed by atoms with van der Waals surface area (Å²) in [7, 11) is 0. The number of nitrogens with zero attached hydrogens (tertiary/aromatic N) is 3. The van der Waals surface area contributed by atoms with Gasteiger partial charge in [-0.15, -0.1) is 0 Å². The maximum absolute atomic E-state index is 11.2. The summed E-state index contributed by atoms with van der Waals surface area (Å²) in [4.78, 5) is 8.62. The lowest BCUT2D eigenvalue weighted by molar-refractivity contribution is -0.00264. The Labute approximate surface area is 215 Å². The standard InChI is InChI=1S/C31H37N3O2/c1-3-29(33-19-6-7-20-33)24-10-12-25(13-11-24)36-23-18-31(35)16-21-34(22-17-31)30-15-14-28(32-2)26-8-4-5-9-27(26)30/h4-5,8-15,29,35H,3,6-7,16-23H2,1H3. The Balaban J connectivity index is 1.15. The summed E-state index contributed by atoms with van der Waals surface area (Å²) in [6.45, 7) is 14.2. The zero-order chi connectivity index (χ0) is 25.0. The van der Waals surface area contributed by atoms with Crippen LogP contribution in [0.2, 0.25) is 0 Å². The molecule has 0 bridgehead atoms. The number of aliphatic hydroxyl groups is 1. The van der Waals surface area contributed by atoms with Gasteiger partial charge in [-0.05, 0) is 79.7 Å². The smallest absolute Gasteiger partial charge is 0.195 e. The van der Waals surface area contributed by atoms with Crippen LogP contribution in [-0.2, 0) is 0 Å². The fraction of sp³-hybridized carbons (Fsp3) is 0.452. The van der Waals surface area contributed by atoms with Gasteiger partial charge in [-0.3, -0.25) is 4.90 Å². The predicted molar refractivity (Wildman–Crippen MR) is 147 cm³/mol. The number of ether oxygens (including phenoxy) is 1. The van der Waals surface area contributed by atoms with E-state index in [4.69, 9.17) is 11.3 Å². The average Bonchev–Trinajstić information content (AvgIpc) is 3.45. The van der Waals surface area contributed by atoms with Crippen LogP contribution in [-0.4, -0.2) is 48.4 Å². The normalized spacial score (nSPS) is 18.8. The van der Waals surface area contributed by atoms with Gasteiger partial charge < -0.3 is 14.7 Å². The second-order valence-corrected chi connectivity index (χ2v) is 10.3. The average molecular weight is 484 g/mol. The van der Waals surface area contributed by atoms with E-state index in [0.29, 0.717) is 37.6 Å². The number of hydrogen-bond acceptors (Lipinski definition) is 4. The van der Waals surface area contributed by atoms with E-state index in [-0.39, 0.29) is 0 Å². The first-order valence-electron chi connectivity index (χ1n) is 13.4. The predicted octanol–water partition coefficient (Wildman–Crippen LogP) is 6.74. The maximum atomic E-state index is 11.2. The topological polar surface area (TPSA) is 40.3 Å². The van der Waals surface area contributed by atoms with Crippen molar-refractivity contribution in [2.24, 2.45) is 0 Å². The molecule has 0 radical (unpaired) electrons. The molecule has 3 aromatic rings. The molecule has 0 aromatic heterocycles. The molecule has 188 valence electrons. The Bertz CT molecular complexity index is 1200. The number of likely N-dealkylation sites (tertiary alicyclic amines) is 1. The lowest BCUT2D eigenvalue weighted by Gasteiger charge is -2.39. The molecule has 2 aliphatic rings. The van der Waals surface area contributed by atoms with Crippen molar-refractivity contribution in [3.8, 4) is 5.75 Å². The van der Waals surface area contributed by atoms with Gasteiger partial charge in [-0.25, -0.2) is 4.85 Å². The van der Waals surface area contributed by atoms with E-state index in [1.165, 1.54) is 31.5 Å². The van der Waals surface area contributed by atoms with Crippen LogP contribution in [0, 0.1) is 6.57 Å². The molecule has 1 unspecified atom stereocenters. The van der Waals surface area contributed by atoms with E-state index in [1.54, 1.807) is 0 Å². The fourth-order valence-corrected chi connectivity index (χ4v) is 5.96. The Morgan fingerprint density at radius 2 is 1.64 bits per heavy atom. The van der Waals surface area contributed by atoms with Crippen molar-refractivity contribution in [1.82, 2.24) is 4.90 Å². The molecule has 2 fully saturated rings. The van der Waals surface area contributed by atoms with E-state index >= 15 is 0 Å². The van der Waals surface area contributed by atoms with E-state index < -0.39 is 5.60 Å². The second-order valence-electron chi connectivity index (χ2n) is 10.3. The summed E-state index contributed by atoms with van der Waals surface area (Å²) in [5.41, 5.74) is 2.51. The molecule has 5 heteroatoms. The minimum absolute atomic E-state index is 0.502. The fourth-order valence-electron chi connectivity index (χ4n) is 5.96. The lowest BCUT2D eigenvalue weighted by Crippen LogP contribution is -2.45. The second kappa shape index (κ2) is 10.9. The van der Waals surface area contributed by atoms with E-state index in [2.05, 4.69) is 58.0 Å². The summed E-state index contributed by atoms with van der Waals surface area (Å²) in [6.07, 6.45) is 5.80. The number of benzene rings is 3. The monoisotopic (exact) mass is 483 g/mol. The molecular formula is C31H37N3O2. The van der Waals surface area contributed by atoms with Crippen molar-refractivity contribution in [2.75, 3.05) is 37.7 Å². The van der Waals surface area contributed by atoms with E-state index in [1.807, 2.05) is 24.3 Å². The maximum Gasteiger partial charge on any atom is 0.195 e. The summed E-state index contributed by atoms with van der Waals surface area (Å²) >= 11 is 0. The Hall–Kier alpha value is -3.07. The molecule has 0 aliphatic carbocycles. The number of piperidine rings is 1. The van der Waals surface area contributed by atoms with Crippen LogP contribution in [0.3, 0.4) is 0 Å². The number of fused-ring (bicyclic) bond motifs is 1. The molecule has 1 N–H and O–H groups in total. The van der Waals surface area contributed by atoms with Crippen LogP contribution in [0.4, 0.5) is 11.4 Å². The number of rotatable bonds is 8. The van der Waals surface area contributed by atoms with Gasteiger partial charge in [0.15, 0.2) is 5.69 Å². The van der Waals surface area contributed by atoms with Crippen molar-refractivity contribution < 1.29 is 9.84 Å². The molecule has 2 heterocycles. The highest BCUT2D eigenvalue weighted by molar-refractivity contribution is 6.02. The van der Waals surface area contributed by atoms with Crippen molar-refractivity contribution in [2.45, 2.75) is 57.1 Å². The highest BCUT2D eigenvalue weighted by Crippen LogP contribution is 2.37. The van der Waals surface area contributed by atoms with Crippen molar-refractivity contribution >= 4 is 22.1 Å². The van der Waals surface area contributed by atoms with Gasteiger partial charge in [0, 0.05) is 31.2 Å². The Kier molecular flexibility index (Phi) is 7.46. The zero-order valence-corrected chi connectivity index (χ0v) is 21.3. The first-order chi connectivity index (χ1) is 17.6. The van der Waals surface area contributed by atoms with E-state index in [9.17, 15) is 5.11 Å². The highest BCUT2D eigenvalue weighted by Gasteiger charge is 2.32. The molecule has 3 aromatic carbocycles. The third-order valence-corrected chi connectivity index (χ3v) is 8.10. The van der Waals surface area contributed by atoms with Gasteiger partial charge in [0.1, 0.15) is 5.75 Å². The van der Waals surface area contributed by atoms with E-state index in [0.717, 1.165) is 41.7 Å². The third kappa shape index (κ3) is 5.21. The lowest BCUT2D eigenvalue weighted by atomic mass is 9.88. The number of anilines is 1. The van der Waals surface area contributed by atoms with Gasteiger partial charge >= 0.3 is 0 Å². The van der Waals surface area contributed by atoms with Crippen molar-refractivity contribution in [3.05, 3.63) is 77.6 Å². The first-order valence-corrected chi connectivity index (χ1v) is 13.4. The van der Waals surface area contributed by atoms with Crippen LogP contribution in [0.1, 0.15) is 57.1 Å². The van der Waals surface area contributed by atoms with Crippen LogP contribution >= 0.6 is 0 Å². The molecule has 5 rings (SSSR count). The SMILES string of the molecule is [C-]#[N+]c1ccc(N2CCC(O)(CCOc3ccc(C(CC)N4CCCC4)cc3)CC2)c2ccccc12. The molecule has 5 nitrogen and oxygen atoms in total. The van der Waals surface area contributed by atoms with Crippen molar-refractivity contribution in [1.29, 1.82) is 0 Å². The van der Waals surface area contributed by atoms with Crippen LogP contribution in [0.5, 0.6) is 5.75 Å². The molecule has 0 amide bonds. The molecule has 1 atom stereocenters. The third-order valence-electron chi connectivity index (χ3n) is 8.10. The van der Waals surface area contributed by atoms with Crippen LogP contribution in [0.25, 0.3) is 15.6 Å². The largest absolute Gasteiger partial charge is 0.493 e. The molecule has 2 aliphatic heterocycles. The quantitative estimate of drug-likeness (QED) is 0.360. The van der Waals surface area contributed by atoms with Crippen LogP contribution < -0.4 is 9.64 Å². The Morgan fingerprint density at radius 1 is 0.944 bits per heavy atom. The highest BCUT2D eigenvalue weighted by atomic mass is 16.5. The zero-order valence-electron chi connectivity index (χ0n) is 21.3. The minimum atomic E-state index is -0.703. The summed E-state index contributed by atoms with van der Waals surface area (Å²) in [6, 6.07) is 21.2. The van der Waals surface area contributed by atoms with Gasteiger partial charge in [-0.1, -0.05) is 49.4 Å². The summed E-state index contributed by atoms with van der Waals surface area (Å²) in [5, 5.41) is 13.3. The van der Waals surface area contributed by atoms with Gasteiger partial charge in [-0.2, -0.15) is 0 Å².